The van der Waals surface area contributed by atoms with Crippen molar-refractivity contribution in [2.75, 3.05) is 57.5 Å². The van der Waals surface area contributed by atoms with Crippen LogP contribution < -0.4 is 4.90 Å². The molecule has 0 spiro atoms. The fourth-order valence-corrected chi connectivity index (χ4v) is 5.60. The minimum absolute atomic E-state index is 0.0224. The highest BCUT2D eigenvalue weighted by Crippen LogP contribution is 2.33. The van der Waals surface area contributed by atoms with E-state index in [0.29, 0.717) is 24.7 Å². The number of amides is 1. The van der Waals surface area contributed by atoms with Crippen LogP contribution in [0.2, 0.25) is 0 Å². The Morgan fingerprint density at radius 3 is 2.35 bits per heavy atom. The van der Waals surface area contributed by atoms with E-state index < -0.39 is 9.84 Å². The van der Waals surface area contributed by atoms with Gasteiger partial charge in [-0.05, 0) is 39.2 Å². The normalized spacial score (nSPS) is 23.9. The monoisotopic (exact) mass is 447 g/mol. The lowest BCUT2D eigenvalue weighted by molar-refractivity contribution is -0.136. The third-order valence-electron chi connectivity index (χ3n) is 6.77. The van der Waals surface area contributed by atoms with Gasteiger partial charge in [0, 0.05) is 57.4 Å². The maximum Gasteiger partial charge on any atom is 0.226 e. The number of anilines is 1. The summed E-state index contributed by atoms with van der Waals surface area (Å²) >= 11 is 0. The molecule has 2 fully saturated rings. The number of aromatic nitrogens is 2. The summed E-state index contributed by atoms with van der Waals surface area (Å²) in [5.41, 5.74) is 0.624. The molecule has 1 atom stereocenters. The van der Waals surface area contributed by atoms with Crippen molar-refractivity contribution in [1.29, 1.82) is 0 Å². The van der Waals surface area contributed by atoms with Crippen molar-refractivity contribution in [3.05, 3.63) is 24.0 Å². The second kappa shape index (κ2) is 9.24. The van der Waals surface area contributed by atoms with Gasteiger partial charge in [-0.3, -0.25) is 4.79 Å². The molecule has 0 radical (unpaired) electrons. The highest BCUT2D eigenvalue weighted by atomic mass is 32.2. The molecular weight excluding hydrogens is 414 g/mol. The van der Waals surface area contributed by atoms with Gasteiger partial charge in [0.25, 0.3) is 0 Å². The number of carbonyl (C=O) groups is 1. The first-order valence-corrected chi connectivity index (χ1v) is 13.2. The molecule has 3 heterocycles. The number of allylic oxidation sites excluding steroid dienone is 2. The van der Waals surface area contributed by atoms with E-state index in [4.69, 9.17) is 4.98 Å². The van der Waals surface area contributed by atoms with Gasteiger partial charge in [-0.25, -0.2) is 18.4 Å². The predicted molar refractivity (Wildman–Crippen MR) is 120 cm³/mol. The van der Waals surface area contributed by atoms with E-state index in [9.17, 15) is 13.2 Å². The van der Waals surface area contributed by atoms with Gasteiger partial charge in [-0.1, -0.05) is 12.2 Å². The zero-order valence-corrected chi connectivity index (χ0v) is 19.4. The minimum Gasteiger partial charge on any atom is -0.342 e. The molecule has 9 heteroatoms. The summed E-state index contributed by atoms with van der Waals surface area (Å²) in [5.74, 6) is 0.972. The van der Waals surface area contributed by atoms with E-state index in [-0.39, 0.29) is 22.6 Å². The van der Waals surface area contributed by atoms with Crippen molar-refractivity contribution >= 4 is 21.7 Å². The molecule has 4 rings (SSSR count). The van der Waals surface area contributed by atoms with Crippen LogP contribution >= 0.6 is 0 Å². The lowest BCUT2D eigenvalue weighted by Crippen LogP contribution is -2.45. The van der Waals surface area contributed by atoms with Crippen LogP contribution in [0.4, 0.5) is 5.95 Å². The van der Waals surface area contributed by atoms with Gasteiger partial charge in [-0.2, -0.15) is 0 Å². The topological polar surface area (TPSA) is 86.7 Å². The third-order valence-corrected chi connectivity index (χ3v) is 7.88. The van der Waals surface area contributed by atoms with Crippen LogP contribution in [0.15, 0.2) is 23.2 Å². The smallest absolute Gasteiger partial charge is 0.226 e. The quantitative estimate of drug-likeness (QED) is 0.649. The lowest BCUT2D eigenvalue weighted by atomic mass is 9.89. The average molecular weight is 448 g/mol. The fraction of sp³-hybridized carbons (Fsp3) is 0.682. The Labute approximate surface area is 185 Å². The first kappa shape index (κ1) is 22.2. The number of likely N-dealkylation sites (tertiary alicyclic amines) is 1. The SMILES string of the molecule is CN1CCN(c2ncc(S(C)(=O)=O)c(C3CCN(C(=O)[C@@H]4CC=CCC4)CC3)n2)CC1. The number of carbonyl (C=O) groups excluding carboxylic acids is 1. The summed E-state index contributed by atoms with van der Waals surface area (Å²) in [4.78, 5) is 28.6. The Morgan fingerprint density at radius 2 is 1.74 bits per heavy atom. The van der Waals surface area contributed by atoms with Crippen LogP contribution in [0.1, 0.15) is 43.7 Å². The van der Waals surface area contributed by atoms with Gasteiger partial charge < -0.3 is 14.7 Å². The molecule has 1 aromatic heterocycles. The average Bonchev–Trinajstić information content (AvgIpc) is 2.79. The summed E-state index contributed by atoms with van der Waals surface area (Å²) in [6.45, 7) is 4.84. The Balaban J connectivity index is 1.50. The van der Waals surface area contributed by atoms with Gasteiger partial charge in [0.15, 0.2) is 9.84 Å². The number of sulfone groups is 1. The molecular formula is C22H33N5O3S. The standard InChI is InChI=1S/C22H33N5O3S/c1-25-12-14-27(15-13-25)22-23-16-19(31(2,29)30)20(24-22)17-8-10-26(11-9-17)21(28)18-6-4-3-5-7-18/h3-4,16-18H,5-15H2,1-2H3/t18-/m1/s1. The number of piperazine rings is 1. The van der Waals surface area contributed by atoms with Crippen LogP contribution in [0.3, 0.4) is 0 Å². The van der Waals surface area contributed by atoms with E-state index in [1.54, 1.807) is 0 Å². The minimum atomic E-state index is -3.43. The third kappa shape index (κ3) is 5.09. The molecule has 0 aromatic carbocycles. The highest BCUT2D eigenvalue weighted by molar-refractivity contribution is 7.90. The largest absolute Gasteiger partial charge is 0.342 e. The molecule has 1 amide bonds. The highest BCUT2D eigenvalue weighted by Gasteiger charge is 2.32. The van der Waals surface area contributed by atoms with Gasteiger partial charge in [-0.15, -0.1) is 0 Å². The summed E-state index contributed by atoms with van der Waals surface area (Å²) in [6.07, 6.45) is 11.2. The second-order valence-corrected chi connectivity index (χ2v) is 11.0. The maximum absolute atomic E-state index is 12.9. The lowest BCUT2D eigenvalue weighted by Gasteiger charge is -2.35. The van der Waals surface area contributed by atoms with Gasteiger partial charge >= 0.3 is 0 Å². The molecule has 2 aliphatic heterocycles. The zero-order chi connectivity index (χ0) is 22.0. The second-order valence-electron chi connectivity index (χ2n) is 9.06. The molecule has 1 aliphatic carbocycles. The van der Waals surface area contributed by atoms with Gasteiger partial charge in [0.2, 0.25) is 11.9 Å². The van der Waals surface area contributed by atoms with Crippen LogP contribution in [0, 0.1) is 5.92 Å². The van der Waals surface area contributed by atoms with Gasteiger partial charge in [0.05, 0.1) is 11.9 Å². The number of hydrogen-bond acceptors (Lipinski definition) is 7. The zero-order valence-electron chi connectivity index (χ0n) is 18.5. The molecule has 170 valence electrons. The van der Waals surface area contributed by atoms with Crippen LogP contribution in [0.25, 0.3) is 0 Å². The first-order chi connectivity index (χ1) is 14.8. The number of nitrogens with zero attached hydrogens (tertiary/aromatic N) is 5. The first-order valence-electron chi connectivity index (χ1n) is 11.3. The van der Waals surface area contributed by atoms with E-state index in [1.807, 2.05) is 4.90 Å². The van der Waals surface area contributed by atoms with E-state index in [2.05, 4.69) is 34.0 Å². The summed E-state index contributed by atoms with van der Waals surface area (Å²) in [6, 6.07) is 0. The number of piperidine rings is 1. The molecule has 0 N–H and O–H groups in total. The molecule has 8 nitrogen and oxygen atoms in total. The summed E-state index contributed by atoms with van der Waals surface area (Å²) in [5, 5.41) is 0. The van der Waals surface area contributed by atoms with Crippen molar-refractivity contribution in [3.63, 3.8) is 0 Å². The van der Waals surface area contributed by atoms with Crippen molar-refractivity contribution in [3.8, 4) is 0 Å². The molecule has 1 aromatic rings. The number of likely N-dealkylation sites (N-methyl/N-ethyl adjacent to an activating group) is 1. The number of hydrogen-bond donors (Lipinski definition) is 0. The van der Waals surface area contributed by atoms with Crippen molar-refractivity contribution in [2.45, 2.75) is 42.9 Å². The van der Waals surface area contributed by atoms with E-state index in [0.717, 1.165) is 58.3 Å². The van der Waals surface area contributed by atoms with Crippen LogP contribution in [0.5, 0.6) is 0 Å². The Bertz CT molecular complexity index is 932. The molecule has 0 saturated carbocycles. The summed E-state index contributed by atoms with van der Waals surface area (Å²) in [7, 11) is -1.33. The van der Waals surface area contributed by atoms with Crippen molar-refractivity contribution in [1.82, 2.24) is 19.8 Å². The maximum atomic E-state index is 12.9. The number of rotatable bonds is 4. The van der Waals surface area contributed by atoms with E-state index >= 15 is 0 Å². The Morgan fingerprint density at radius 1 is 1.03 bits per heavy atom. The van der Waals surface area contributed by atoms with E-state index in [1.165, 1.54) is 12.5 Å². The Hall–Kier alpha value is -2.00. The van der Waals surface area contributed by atoms with Crippen LogP contribution in [-0.4, -0.2) is 86.7 Å². The molecule has 31 heavy (non-hydrogen) atoms. The molecule has 0 unspecified atom stereocenters. The summed E-state index contributed by atoms with van der Waals surface area (Å²) < 4.78 is 24.9. The molecule has 0 bridgehead atoms. The van der Waals surface area contributed by atoms with Crippen LogP contribution in [-0.2, 0) is 14.6 Å². The van der Waals surface area contributed by atoms with Gasteiger partial charge in [0.1, 0.15) is 4.90 Å². The molecule has 2 saturated heterocycles. The van der Waals surface area contributed by atoms with Crippen molar-refractivity contribution in [2.24, 2.45) is 5.92 Å². The Kier molecular flexibility index (Phi) is 6.62. The fourth-order valence-electron chi connectivity index (χ4n) is 4.76. The van der Waals surface area contributed by atoms with Crippen molar-refractivity contribution < 1.29 is 13.2 Å². The molecule has 3 aliphatic rings. The predicted octanol–water partition coefficient (Wildman–Crippen LogP) is 1.69.